The maximum Gasteiger partial charge on any atom is 0.160 e. The molecule has 0 spiro atoms. The number of Topliss-reactive ketones (excluding diaryl/α,β-unsaturated/α-hetero) is 1. The number of halogens is 2. The lowest BCUT2D eigenvalue weighted by molar-refractivity contribution is -0.118. The predicted molar refractivity (Wildman–Crippen MR) is 74.2 cm³/mol. The lowest BCUT2D eigenvalue weighted by Crippen LogP contribution is -2.36. The van der Waals surface area contributed by atoms with Gasteiger partial charge in [-0.2, -0.15) is 0 Å². The van der Waals surface area contributed by atoms with Gasteiger partial charge in [-0.25, -0.2) is 12.8 Å². The zero-order chi connectivity index (χ0) is 14.0. The van der Waals surface area contributed by atoms with Gasteiger partial charge in [0.15, 0.2) is 15.6 Å². The first-order chi connectivity index (χ1) is 8.88. The number of hydrogen-bond donors (Lipinski definition) is 0. The van der Waals surface area contributed by atoms with Gasteiger partial charge in [-0.1, -0.05) is 22.4 Å². The molecule has 1 aromatic carbocycles. The Kier molecular flexibility index (Phi) is 4.40. The molecule has 0 aromatic heterocycles. The third-order valence-corrected chi connectivity index (χ3v) is 5.92. The highest BCUT2D eigenvalue weighted by atomic mass is 79.9. The average molecular weight is 349 g/mol. The molecule has 1 unspecified atom stereocenters. The van der Waals surface area contributed by atoms with E-state index in [9.17, 15) is 17.6 Å². The second kappa shape index (κ2) is 5.71. The summed E-state index contributed by atoms with van der Waals surface area (Å²) in [6, 6.07) is 4.19. The molecule has 0 saturated carbocycles. The van der Waals surface area contributed by atoms with Gasteiger partial charge in [-0.05, 0) is 36.6 Å². The molecule has 0 amide bonds. The highest BCUT2D eigenvalue weighted by Crippen LogP contribution is 2.23. The molecule has 1 aromatic rings. The summed E-state index contributed by atoms with van der Waals surface area (Å²) in [5.74, 6) is -0.697. The van der Waals surface area contributed by atoms with Crippen LogP contribution >= 0.6 is 15.9 Å². The summed E-state index contributed by atoms with van der Waals surface area (Å²) in [5, 5.41) is -0.914. The fourth-order valence-electron chi connectivity index (χ4n) is 2.34. The highest BCUT2D eigenvalue weighted by molar-refractivity contribution is 9.10. The van der Waals surface area contributed by atoms with E-state index in [1.54, 1.807) is 6.07 Å². The molecule has 3 nitrogen and oxygen atoms in total. The lowest BCUT2D eigenvalue weighted by Gasteiger charge is -2.21. The van der Waals surface area contributed by atoms with Gasteiger partial charge in [0.2, 0.25) is 0 Å². The van der Waals surface area contributed by atoms with Crippen molar-refractivity contribution >= 4 is 31.6 Å². The Morgan fingerprint density at radius 2 is 2.05 bits per heavy atom. The van der Waals surface area contributed by atoms with Crippen molar-refractivity contribution in [1.82, 2.24) is 0 Å². The zero-order valence-corrected chi connectivity index (χ0v) is 12.6. The van der Waals surface area contributed by atoms with E-state index in [4.69, 9.17) is 0 Å². The van der Waals surface area contributed by atoms with Crippen molar-refractivity contribution in [1.29, 1.82) is 0 Å². The zero-order valence-electron chi connectivity index (χ0n) is 10.2. The van der Waals surface area contributed by atoms with Crippen molar-refractivity contribution in [2.24, 2.45) is 0 Å². The SMILES string of the molecule is O=C(Cc1cc(F)cc(Br)c1)C1CCCCS1(=O)=O. The molecule has 0 radical (unpaired) electrons. The second-order valence-electron chi connectivity index (χ2n) is 4.77. The van der Waals surface area contributed by atoms with E-state index in [0.717, 1.165) is 6.42 Å². The van der Waals surface area contributed by atoms with Crippen molar-refractivity contribution in [3.05, 3.63) is 34.1 Å². The van der Waals surface area contributed by atoms with Gasteiger partial charge in [-0.3, -0.25) is 4.79 Å². The fourth-order valence-corrected chi connectivity index (χ4v) is 4.76. The predicted octanol–water partition coefficient (Wildman–Crippen LogP) is 2.67. The van der Waals surface area contributed by atoms with Crippen molar-refractivity contribution < 1.29 is 17.6 Å². The van der Waals surface area contributed by atoms with Gasteiger partial charge in [-0.15, -0.1) is 0 Å². The number of carbonyl (C=O) groups is 1. The Bertz CT molecular complexity index is 578. The van der Waals surface area contributed by atoms with Crippen LogP contribution in [0.15, 0.2) is 22.7 Å². The number of sulfone groups is 1. The number of rotatable bonds is 3. The molecule has 0 bridgehead atoms. The fraction of sp³-hybridized carbons (Fsp3) is 0.462. The molecular formula is C13H14BrFO3S. The van der Waals surface area contributed by atoms with Crippen LogP contribution in [0.25, 0.3) is 0 Å². The van der Waals surface area contributed by atoms with Crippen molar-refractivity contribution in [3.63, 3.8) is 0 Å². The molecule has 104 valence electrons. The Morgan fingerprint density at radius 1 is 1.32 bits per heavy atom. The maximum atomic E-state index is 13.2. The minimum Gasteiger partial charge on any atom is -0.298 e. The monoisotopic (exact) mass is 348 g/mol. The largest absolute Gasteiger partial charge is 0.298 e. The summed E-state index contributed by atoms with van der Waals surface area (Å²) in [5.41, 5.74) is 0.498. The topological polar surface area (TPSA) is 51.2 Å². The summed E-state index contributed by atoms with van der Waals surface area (Å²) in [7, 11) is -3.32. The molecule has 0 N–H and O–H groups in total. The van der Waals surface area contributed by atoms with Crippen LogP contribution in [0.1, 0.15) is 24.8 Å². The minimum atomic E-state index is -3.32. The molecule has 1 saturated heterocycles. The first kappa shape index (κ1) is 14.7. The first-order valence-corrected chi connectivity index (χ1v) is 8.58. The van der Waals surface area contributed by atoms with Gasteiger partial charge < -0.3 is 0 Å². The lowest BCUT2D eigenvalue weighted by atomic mass is 10.0. The van der Waals surface area contributed by atoms with Gasteiger partial charge in [0.05, 0.1) is 5.75 Å². The maximum absolute atomic E-state index is 13.2. The summed E-state index contributed by atoms with van der Waals surface area (Å²) >= 11 is 3.15. The van der Waals surface area contributed by atoms with E-state index < -0.39 is 20.9 Å². The molecule has 1 aliphatic heterocycles. The van der Waals surface area contributed by atoms with Gasteiger partial charge in [0.1, 0.15) is 11.1 Å². The summed E-state index contributed by atoms with van der Waals surface area (Å²) < 4.78 is 37.4. The minimum absolute atomic E-state index is 0.0414. The van der Waals surface area contributed by atoms with Crippen molar-refractivity contribution in [3.8, 4) is 0 Å². The Labute approximate surface area is 120 Å². The van der Waals surface area contributed by atoms with Gasteiger partial charge in [0.25, 0.3) is 0 Å². The Hall–Kier alpha value is -0.750. The normalized spacial score (nSPS) is 22.1. The molecule has 1 fully saturated rings. The number of ketones is 1. The van der Waals surface area contributed by atoms with E-state index in [0.29, 0.717) is 22.9 Å². The van der Waals surface area contributed by atoms with Crippen LogP contribution in [0, 0.1) is 5.82 Å². The second-order valence-corrected chi connectivity index (χ2v) is 7.99. The Morgan fingerprint density at radius 3 is 2.68 bits per heavy atom. The van der Waals surface area contributed by atoms with E-state index >= 15 is 0 Å². The van der Waals surface area contributed by atoms with Crippen LogP contribution in [0.3, 0.4) is 0 Å². The summed E-state index contributed by atoms with van der Waals surface area (Å²) in [4.78, 5) is 12.1. The van der Waals surface area contributed by atoms with Crippen LogP contribution in [0.5, 0.6) is 0 Å². The number of carbonyl (C=O) groups excluding carboxylic acids is 1. The van der Waals surface area contributed by atoms with Crippen LogP contribution < -0.4 is 0 Å². The molecule has 6 heteroatoms. The van der Waals surface area contributed by atoms with Crippen LogP contribution in [0.2, 0.25) is 0 Å². The molecule has 1 atom stereocenters. The third-order valence-electron chi connectivity index (χ3n) is 3.24. The van der Waals surface area contributed by atoms with Gasteiger partial charge in [0, 0.05) is 10.9 Å². The molecule has 0 aliphatic carbocycles. The number of benzene rings is 1. The standard InChI is InChI=1S/C13H14BrFO3S/c14-10-5-9(6-11(15)8-10)7-12(16)13-3-1-2-4-19(13,17)18/h5-6,8,13H,1-4,7H2. The van der Waals surface area contributed by atoms with E-state index in [1.165, 1.54) is 12.1 Å². The van der Waals surface area contributed by atoms with Crippen molar-refractivity contribution in [2.75, 3.05) is 5.75 Å². The Balaban J connectivity index is 2.16. The van der Waals surface area contributed by atoms with Crippen molar-refractivity contribution in [2.45, 2.75) is 30.9 Å². The quantitative estimate of drug-likeness (QED) is 0.843. The summed E-state index contributed by atoms with van der Waals surface area (Å²) in [6.07, 6.45) is 1.72. The summed E-state index contributed by atoms with van der Waals surface area (Å²) in [6.45, 7) is 0. The van der Waals surface area contributed by atoms with E-state index in [-0.39, 0.29) is 18.0 Å². The van der Waals surface area contributed by atoms with Crippen LogP contribution in [-0.4, -0.2) is 25.2 Å². The molecule has 19 heavy (non-hydrogen) atoms. The van der Waals surface area contributed by atoms with Crippen LogP contribution in [0.4, 0.5) is 4.39 Å². The molecular weight excluding hydrogens is 335 g/mol. The highest BCUT2D eigenvalue weighted by Gasteiger charge is 2.34. The molecule has 1 aliphatic rings. The van der Waals surface area contributed by atoms with Gasteiger partial charge >= 0.3 is 0 Å². The van der Waals surface area contributed by atoms with E-state index in [1.807, 2.05) is 0 Å². The third kappa shape index (κ3) is 3.63. The van der Waals surface area contributed by atoms with E-state index in [2.05, 4.69) is 15.9 Å². The molecule has 2 rings (SSSR count). The average Bonchev–Trinajstić information content (AvgIpc) is 2.26. The number of hydrogen-bond acceptors (Lipinski definition) is 3. The van der Waals surface area contributed by atoms with Crippen LogP contribution in [-0.2, 0) is 21.1 Å². The first-order valence-electron chi connectivity index (χ1n) is 6.08. The smallest absolute Gasteiger partial charge is 0.160 e. The molecule has 1 heterocycles.